The summed E-state index contributed by atoms with van der Waals surface area (Å²) in [6, 6.07) is 7.90. The minimum atomic E-state index is -0.312. The smallest absolute Gasteiger partial charge is 0.226 e. The Morgan fingerprint density at radius 1 is 1.44 bits per heavy atom. The number of nitrogens with zero attached hydrogens (tertiary/aromatic N) is 2. The topological polar surface area (TPSA) is 82.0 Å². The van der Waals surface area contributed by atoms with Crippen LogP contribution in [0.4, 0.5) is 0 Å². The molecule has 1 heterocycles. The van der Waals surface area contributed by atoms with E-state index < -0.39 is 0 Å². The van der Waals surface area contributed by atoms with E-state index in [0.29, 0.717) is 31.0 Å². The van der Waals surface area contributed by atoms with E-state index in [2.05, 4.69) is 10.1 Å². The average molecular weight is 245 g/mol. The van der Waals surface area contributed by atoms with Gasteiger partial charge in [-0.05, 0) is 19.4 Å². The van der Waals surface area contributed by atoms with Crippen LogP contribution in [0.1, 0.15) is 24.3 Å². The van der Waals surface area contributed by atoms with Crippen LogP contribution in [0.15, 0.2) is 28.8 Å². The third-order valence-corrected chi connectivity index (χ3v) is 2.56. The van der Waals surface area contributed by atoms with Crippen molar-refractivity contribution in [2.75, 3.05) is 0 Å². The average Bonchev–Trinajstić information content (AvgIpc) is 2.77. The lowest BCUT2D eigenvalue weighted by molar-refractivity contribution is -0.118. The van der Waals surface area contributed by atoms with Gasteiger partial charge >= 0.3 is 0 Å². The lowest BCUT2D eigenvalue weighted by Gasteiger charge is -1.95. The van der Waals surface area contributed by atoms with E-state index in [0.717, 1.165) is 11.1 Å². The molecule has 18 heavy (non-hydrogen) atoms. The molecule has 1 aromatic carbocycles. The Hall–Kier alpha value is -2.17. The van der Waals surface area contributed by atoms with Crippen molar-refractivity contribution in [1.82, 2.24) is 10.1 Å². The van der Waals surface area contributed by atoms with Gasteiger partial charge < -0.3 is 10.3 Å². The van der Waals surface area contributed by atoms with Gasteiger partial charge in [0, 0.05) is 18.4 Å². The number of nitrogens with two attached hydrogens (primary N) is 1. The molecule has 0 aliphatic heterocycles. The van der Waals surface area contributed by atoms with Gasteiger partial charge in [-0.2, -0.15) is 4.98 Å². The number of aryl methyl sites for hydroxylation is 2. The first-order chi connectivity index (χ1) is 8.65. The van der Waals surface area contributed by atoms with E-state index in [1.54, 1.807) is 0 Å². The molecule has 0 aliphatic rings. The highest BCUT2D eigenvalue weighted by Crippen LogP contribution is 2.17. The molecular formula is C13H15N3O2. The second-order valence-electron chi connectivity index (χ2n) is 4.20. The van der Waals surface area contributed by atoms with E-state index in [1.165, 1.54) is 0 Å². The van der Waals surface area contributed by atoms with Crippen LogP contribution in [0.3, 0.4) is 0 Å². The highest BCUT2D eigenvalue weighted by molar-refractivity contribution is 5.73. The van der Waals surface area contributed by atoms with Crippen molar-refractivity contribution in [1.29, 1.82) is 0 Å². The molecule has 0 unspecified atom stereocenters. The van der Waals surface area contributed by atoms with Gasteiger partial charge in [0.25, 0.3) is 0 Å². The first-order valence-electron chi connectivity index (χ1n) is 5.83. The molecule has 0 radical (unpaired) electrons. The quantitative estimate of drug-likeness (QED) is 0.871. The molecule has 0 saturated heterocycles. The van der Waals surface area contributed by atoms with Gasteiger partial charge in [0.05, 0.1) is 0 Å². The molecule has 0 saturated carbocycles. The summed E-state index contributed by atoms with van der Waals surface area (Å²) in [5.41, 5.74) is 7.14. The minimum absolute atomic E-state index is 0.312. The number of carbonyl (C=O) groups excluding carboxylic acids is 1. The van der Waals surface area contributed by atoms with Crippen LogP contribution < -0.4 is 5.73 Å². The zero-order valence-electron chi connectivity index (χ0n) is 10.2. The van der Waals surface area contributed by atoms with Crippen molar-refractivity contribution in [3.05, 3.63) is 35.7 Å². The lowest BCUT2D eigenvalue weighted by atomic mass is 10.1. The number of amides is 1. The number of aromatic nitrogens is 2. The maximum absolute atomic E-state index is 10.6. The molecule has 2 aromatic rings. The Morgan fingerprint density at radius 2 is 2.28 bits per heavy atom. The Morgan fingerprint density at radius 3 is 3.00 bits per heavy atom. The zero-order valence-corrected chi connectivity index (χ0v) is 10.2. The molecule has 94 valence electrons. The minimum Gasteiger partial charge on any atom is -0.370 e. The van der Waals surface area contributed by atoms with Gasteiger partial charge in [-0.25, -0.2) is 0 Å². The van der Waals surface area contributed by atoms with Crippen molar-refractivity contribution in [2.45, 2.75) is 26.2 Å². The summed E-state index contributed by atoms with van der Waals surface area (Å²) in [5, 5.41) is 3.92. The second-order valence-corrected chi connectivity index (χ2v) is 4.20. The van der Waals surface area contributed by atoms with Crippen LogP contribution >= 0.6 is 0 Å². The van der Waals surface area contributed by atoms with E-state index >= 15 is 0 Å². The fourth-order valence-electron chi connectivity index (χ4n) is 1.67. The SMILES string of the molecule is Cc1cccc(-c2noc(CCCC(N)=O)n2)c1. The number of carbonyl (C=O) groups is 1. The Labute approximate surface area is 105 Å². The maximum Gasteiger partial charge on any atom is 0.226 e. The molecule has 1 aromatic heterocycles. The number of primary amides is 1. The fraction of sp³-hybridized carbons (Fsp3) is 0.308. The summed E-state index contributed by atoms with van der Waals surface area (Å²) in [4.78, 5) is 14.9. The van der Waals surface area contributed by atoms with Crippen LogP contribution in [-0.4, -0.2) is 16.0 Å². The molecule has 0 aliphatic carbocycles. The molecule has 0 atom stereocenters. The molecule has 1 amide bonds. The maximum atomic E-state index is 10.6. The van der Waals surface area contributed by atoms with Gasteiger partial charge in [0.1, 0.15) is 0 Å². The van der Waals surface area contributed by atoms with E-state index in [-0.39, 0.29) is 5.91 Å². The third-order valence-electron chi connectivity index (χ3n) is 2.56. The van der Waals surface area contributed by atoms with Gasteiger partial charge in [-0.15, -0.1) is 0 Å². The first-order valence-corrected chi connectivity index (χ1v) is 5.83. The van der Waals surface area contributed by atoms with E-state index in [9.17, 15) is 4.79 Å². The monoisotopic (exact) mass is 245 g/mol. The van der Waals surface area contributed by atoms with Crippen molar-refractivity contribution < 1.29 is 9.32 Å². The molecule has 5 heteroatoms. The number of hydrogen-bond donors (Lipinski definition) is 1. The van der Waals surface area contributed by atoms with Crippen molar-refractivity contribution >= 4 is 5.91 Å². The molecule has 0 spiro atoms. The van der Waals surface area contributed by atoms with Crippen LogP contribution in [0.25, 0.3) is 11.4 Å². The normalized spacial score (nSPS) is 10.5. The second kappa shape index (κ2) is 5.44. The van der Waals surface area contributed by atoms with Gasteiger partial charge in [0.15, 0.2) is 0 Å². The van der Waals surface area contributed by atoms with Crippen LogP contribution in [0.5, 0.6) is 0 Å². The Kier molecular flexibility index (Phi) is 3.72. The molecule has 2 N–H and O–H groups in total. The number of rotatable bonds is 5. The van der Waals surface area contributed by atoms with Crippen LogP contribution in [0.2, 0.25) is 0 Å². The zero-order chi connectivity index (χ0) is 13.0. The Bertz CT molecular complexity index is 549. The summed E-state index contributed by atoms with van der Waals surface area (Å²) in [5.74, 6) is 0.800. The van der Waals surface area contributed by atoms with Crippen LogP contribution in [0, 0.1) is 6.92 Å². The van der Waals surface area contributed by atoms with E-state index in [1.807, 2.05) is 31.2 Å². The van der Waals surface area contributed by atoms with Crippen molar-refractivity contribution in [3.63, 3.8) is 0 Å². The summed E-state index contributed by atoms with van der Waals surface area (Å²) in [7, 11) is 0. The molecule has 0 bridgehead atoms. The highest BCUT2D eigenvalue weighted by Gasteiger charge is 2.08. The van der Waals surface area contributed by atoms with Crippen molar-refractivity contribution in [2.24, 2.45) is 5.73 Å². The summed E-state index contributed by atoms with van der Waals surface area (Å²) in [6.07, 6.45) is 1.54. The fourth-order valence-corrected chi connectivity index (χ4v) is 1.67. The number of hydrogen-bond acceptors (Lipinski definition) is 4. The highest BCUT2D eigenvalue weighted by atomic mass is 16.5. The van der Waals surface area contributed by atoms with Gasteiger partial charge in [-0.1, -0.05) is 28.9 Å². The molecule has 5 nitrogen and oxygen atoms in total. The predicted octanol–water partition coefficient (Wildman–Crippen LogP) is 1.85. The first kappa shape index (κ1) is 12.3. The molecular weight excluding hydrogens is 230 g/mol. The summed E-state index contributed by atoms with van der Waals surface area (Å²) < 4.78 is 5.13. The predicted molar refractivity (Wildman–Crippen MR) is 66.6 cm³/mol. The van der Waals surface area contributed by atoms with Crippen LogP contribution in [-0.2, 0) is 11.2 Å². The standard InChI is InChI=1S/C13H15N3O2/c1-9-4-2-5-10(8-9)13-15-12(18-16-13)7-3-6-11(14)17/h2,4-5,8H,3,6-7H2,1H3,(H2,14,17). The molecule has 2 rings (SSSR count). The molecule has 0 fully saturated rings. The lowest BCUT2D eigenvalue weighted by Crippen LogP contribution is -2.10. The number of benzene rings is 1. The summed E-state index contributed by atoms with van der Waals surface area (Å²) in [6.45, 7) is 2.01. The van der Waals surface area contributed by atoms with Gasteiger partial charge in [-0.3, -0.25) is 4.79 Å². The Balaban J connectivity index is 2.04. The summed E-state index contributed by atoms with van der Waals surface area (Å²) >= 11 is 0. The van der Waals surface area contributed by atoms with E-state index in [4.69, 9.17) is 10.3 Å². The largest absolute Gasteiger partial charge is 0.370 e. The van der Waals surface area contributed by atoms with Crippen molar-refractivity contribution in [3.8, 4) is 11.4 Å². The third kappa shape index (κ3) is 3.16. The van der Waals surface area contributed by atoms with Gasteiger partial charge in [0.2, 0.25) is 17.6 Å².